The zero-order chi connectivity index (χ0) is 24.5. The van der Waals surface area contributed by atoms with Crippen molar-refractivity contribution >= 4 is 11.8 Å². The van der Waals surface area contributed by atoms with Gasteiger partial charge in [-0.3, -0.25) is 9.59 Å². The minimum absolute atomic E-state index is 0.182. The molecule has 1 fully saturated rings. The van der Waals surface area contributed by atoms with Crippen LogP contribution in [-0.2, 0) is 4.74 Å². The summed E-state index contributed by atoms with van der Waals surface area (Å²) < 4.78 is 5.31. The van der Waals surface area contributed by atoms with E-state index in [9.17, 15) is 50.4 Å². The van der Waals surface area contributed by atoms with Crippen molar-refractivity contribution in [2.45, 2.75) is 17.8 Å². The molecule has 2 amide bonds. The van der Waals surface area contributed by atoms with Crippen LogP contribution in [0.1, 0.15) is 20.7 Å². The lowest BCUT2D eigenvalue weighted by Gasteiger charge is -2.26. The second-order valence-corrected chi connectivity index (χ2v) is 7.52. The van der Waals surface area contributed by atoms with E-state index in [2.05, 4.69) is 10.6 Å². The molecule has 3 atom stereocenters. The van der Waals surface area contributed by atoms with E-state index in [1.54, 1.807) is 0 Å². The Morgan fingerprint density at radius 1 is 0.848 bits per heavy atom. The number of phenols is 6. The van der Waals surface area contributed by atoms with E-state index >= 15 is 0 Å². The van der Waals surface area contributed by atoms with E-state index < -0.39 is 77.3 Å². The van der Waals surface area contributed by atoms with Gasteiger partial charge in [-0.2, -0.15) is 0 Å². The van der Waals surface area contributed by atoms with Gasteiger partial charge in [0.1, 0.15) is 17.8 Å². The summed E-state index contributed by atoms with van der Waals surface area (Å²) in [5.41, 5.74) is -2.33. The van der Waals surface area contributed by atoms with Crippen LogP contribution in [0.3, 0.4) is 0 Å². The van der Waals surface area contributed by atoms with Crippen molar-refractivity contribution in [1.29, 1.82) is 0 Å². The van der Waals surface area contributed by atoms with Crippen LogP contribution in [0.25, 0.3) is 0 Å². The summed E-state index contributed by atoms with van der Waals surface area (Å²) in [5.74, 6) is -6.06. The second-order valence-electron chi connectivity index (χ2n) is 7.52. The molecule has 178 valence electrons. The Labute approximate surface area is 185 Å². The number of amides is 2. The summed E-state index contributed by atoms with van der Waals surface area (Å²) in [6.45, 7) is -1.17. The Hall–Kier alpha value is -3.94. The van der Waals surface area contributed by atoms with Crippen LogP contribution in [0.5, 0.6) is 34.5 Å². The minimum Gasteiger partial charge on any atom is -0.504 e. The molecule has 0 aliphatic carbocycles. The number of hydrogen-bond acceptors (Lipinski definition) is 11. The van der Waals surface area contributed by atoms with Gasteiger partial charge in [0.25, 0.3) is 11.8 Å². The van der Waals surface area contributed by atoms with E-state index in [1.807, 2.05) is 0 Å². The highest BCUT2D eigenvalue weighted by molar-refractivity contribution is 5.96. The standard InChI is InChI=1S/C20H22N2O11/c23-10-1-8(2-11(24)15(10)27)18(30)21-5-14-17(29)20(32,7-33-14)6-22-19(31)9-3-12(25)16(28)13(26)4-9/h1-4,14,17,23-29,32H,5-7H2,(H,21,30)(H,22,31)/t14-,17-,20+/m1/s1. The van der Waals surface area contributed by atoms with Crippen LogP contribution in [0.2, 0.25) is 0 Å². The number of aliphatic hydroxyl groups excluding tert-OH is 1. The van der Waals surface area contributed by atoms with Gasteiger partial charge in [-0.1, -0.05) is 0 Å². The molecule has 33 heavy (non-hydrogen) atoms. The number of hydrogen-bond donors (Lipinski definition) is 10. The SMILES string of the molecule is O=C(NC[C@H]1OC[C@@](O)(CNC(=O)c2cc(O)c(O)c(O)c2)[C@@H]1O)c1cc(O)c(O)c(O)c1. The molecule has 13 nitrogen and oxygen atoms in total. The fourth-order valence-electron chi connectivity index (χ4n) is 3.20. The molecule has 0 spiro atoms. The van der Waals surface area contributed by atoms with Crippen LogP contribution in [0.4, 0.5) is 0 Å². The maximum atomic E-state index is 12.2. The molecule has 0 radical (unpaired) electrons. The Morgan fingerprint density at radius 3 is 1.73 bits per heavy atom. The molecule has 13 heteroatoms. The number of benzene rings is 2. The molecule has 0 saturated carbocycles. The molecule has 1 saturated heterocycles. The number of aliphatic hydroxyl groups is 2. The minimum atomic E-state index is -1.93. The van der Waals surface area contributed by atoms with Gasteiger partial charge in [-0.05, 0) is 24.3 Å². The maximum absolute atomic E-state index is 12.2. The third-order valence-electron chi connectivity index (χ3n) is 5.13. The van der Waals surface area contributed by atoms with Crippen LogP contribution >= 0.6 is 0 Å². The topological polar surface area (TPSA) is 229 Å². The molecule has 10 N–H and O–H groups in total. The zero-order valence-electron chi connectivity index (χ0n) is 16.9. The molecule has 1 heterocycles. The van der Waals surface area contributed by atoms with Crippen molar-refractivity contribution in [2.75, 3.05) is 19.7 Å². The Bertz CT molecular complexity index is 1040. The summed E-state index contributed by atoms with van der Waals surface area (Å²) in [5, 5.41) is 82.4. The third kappa shape index (κ3) is 4.79. The summed E-state index contributed by atoms with van der Waals surface area (Å²) >= 11 is 0. The molecule has 1 aliphatic rings. The zero-order valence-corrected chi connectivity index (χ0v) is 16.9. The molecule has 0 bridgehead atoms. The quantitative estimate of drug-likeness (QED) is 0.222. The molecule has 1 aliphatic heterocycles. The van der Waals surface area contributed by atoms with E-state index in [-0.39, 0.29) is 17.7 Å². The van der Waals surface area contributed by atoms with E-state index in [0.717, 1.165) is 24.3 Å². The number of aromatic hydroxyl groups is 6. The molecule has 0 unspecified atom stereocenters. The first-order valence-electron chi connectivity index (χ1n) is 9.51. The Kier molecular flexibility index (Phi) is 6.39. The van der Waals surface area contributed by atoms with Gasteiger partial charge in [0.05, 0.1) is 13.2 Å². The van der Waals surface area contributed by atoms with Crippen molar-refractivity contribution in [3.8, 4) is 34.5 Å². The van der Waals surface area contributed by atoms with Crippen LogP contribution in [-0.4, -0.2) is 90.2 Å². The van der Waals surface area contributed by atoms with Crippen molar-refractivity contribution in [3.63, 3.8) is 0 Å². The highest BCUT2D eigenvalue weighted by Crippen LogP contribution is 2.36. The highest BCUT2D eigenvalue weighted by atomic mass is 16.5. The molecular weight excluding hydrogens is 444 g/mol. The van der Waals surface area contributed by atoms with E-state index in [1.165, 1.54) is 0 Å². The lowest BCUT2D eigenvalue weighted by atomic mass is 9.96. The summed E-state index contributed by atoms with van der Waals surface area (Å²) in [7, 11) is 0. The van der Waals surface area contributed by atoms with Crippen molar-refractivity contribution in [1.82, 2.24) is 10.6 Å². The summed E-state index contributed by atoms with van der Waals surface area (Å²) in [4.78, 5) is 24.4. The third-order valence-corrected chi connectivity index (χ3v) is 5.13. The summed E-state index contributed by atoms with van der Waals surface area (Å²) in [6.07, 6.45) is -2.61. The normalized spacial score (nSPS) is 22.1. The fourth-order valence-corrected chi connectivity index (χ4v) is 3.20. The number of phenolic OH excluding ortho intramolecular Hbond substituents is 6. The van der Waals surface area contributed by atoms with Crippen molar-refractivity contribution in [3.05, 3.63) is 35.4 Å². The van der Waals surface area contributed by atoms with Crippen molar-refractivity contribution < 1.29 is 55.2 Å². The van der Waals surface area contributed by atoms with Gasteiger partial charge in [-0.15, -0.1) is 0 Å². The molecule has 0 aromatic heterocycles. The van der Waals surface area contributed by atoms with Crippen LogP contribution < -0.4 is 10.6 Å². The van der Waals surface area contributed by atoms with E-state index in [0.29, 0.717) is 0 Å². The predicted molar refractivity (Wildman–Crippen MR) is 108 cm³/mol. The van der Waals surface area contributed by atoms with Crippen molar-refractivity contribution in [2.24, 2.45) is 0 Å². The smallest absolute Gasteiger partial charge is 0.251 e. The lowest BCUT2D eigenvalue weighted by molar-refractivity contribution is -0.0464. The molecule has 3 rings (SSSR count). The average Bonchev–Trinajstić information content (AvgIpc) is 3.05. The number of rotatable bonds is 6. The van der Waals surface area contributed by atoms with Gasteiger partial charge in [0, 0.05) is 17.7 Å². The van der Waals surface area contributed by atoms with E-state index in [4.69, 9.17) is 4.74 Å². The molecular formula is C20H22N2O11. The molecule has 2 aromatic rings. The number of nitrogens with one attached hydrogen (secondary N) is 2. The Morgan fingerprint density at radius 2 is 1.27 bits per heavy atom. The average molecular weight is 466 g/mol. The first-order valence-corrected chi connectivity index (χ1v) is 9.51. The van der Waals surface area contributed by atoms with Crippen LogP contribution in [0, 0.1) is 0 Å². The second kappa shape index (κ2) is 8.90. The van der Waals surface area contributed by atoms with Gasteiger partial charge in [0.2, 0.25) is 0 Å². The van der Waals surface area contributed by atoms with Gasteiger partial charge >= 0.3 is 0 Å². The van der Waals surface area contributed by atoms with Crippen LogP contribution in [0.15, 0.2) is 24.3 Å². The lowest BCUT2D eigenvalue weighted by Crippen LogP contribution is -2.53. The highest BCUT2D eigenvalue weighted by Gasteiger charge is 2.48. The Balaban J connectivity index is 1.58. The number of ether oxygens (including phenoxy) is 1. The predicted octanol–water partition coefficient (Wildman–Crippen LogP) is -1.43. The number of carbonyl (C=O) groups is 2. The first kappa shape index (κ1) is 23.7. The first-order chi connectivity index (χ1) is 15.4. The fraction of sp³-hybridized carbons (Fsp3) is 0.300. The monoisotopic (exact) mass is 466 g/mol. The maximum Gasteiger partial charge on any atom is 0.251 e. The largest absolute Gasteiger partial charge is 0.504 e. The van der Waals surface area contributed by atoms with Gasteiger partial charge < -0.3 is 56.2 Å². The summed E-state index contributed by atoms with van der Waals surface area (Å²) in [6, 6.07) is 3.63. The van der Waals surface area contributed by atoms with Gasteiger partial charge in [0.15, 0.2) is 34.5 Å². The molecule has 2 aromatic carbocycles. The van der Waals surface area contributed by atoms with Gasteiger partial charge in [-0.25, -0.2) is 0 Å². The number of carbonyl (C=O) groups excluding carboxylic acids is 2.